The largest absolute Gasteiger partial charge is 0.381 e. The van der Waals surface area contributed by atoms with Crippen molar-refractivity contribution in [2.45, 2.75) is 19.4 Å². The number of rotatable bonds is 6. The number of nitrogens with zero attached hydrogens (tertiary/aromatic N) is 2. The lowest BCUT2D eigenvalue weighted by molar-refractivity contribution is -0.384. The minimum atomic E-state index is -0.473. The first-order valence-corrected chi connectivity index (χ1v) is 9.04. The Kier molecular flexibility index (Phi) is 6.38. The van der Waals surface area contributed by atoms with E-state index in [0.29, 0.717) is 24.7 Å². The van der Waals surface area contributed by atoms with Crippen molar-refractivity contribution in [2.24, 2.45) is 5.92 Å². The molecule has 1 heterocycles. The maximum Gasteiger partial charge on any atom is 0.322 e. The third kappa shape index (κ3) is 5.52. The molecule has 1 saturated heterocycles. The second-order valence-corrected chi connectivity index (χ2v) is 6.66. The molecule has 27 heavy (non-hydrogen) atoms. The third-order valence-corrected chi connectivity index (χ3v) is 4.63. The number of carbonyl (C=O) groups excluding carboxylic acids is 1. The second-order valence-electron chi connectivity index (χ2n) is 6.66. The smallest absolute Gasteiger partial charge is 0.322 e. The molecule has 142 valence electrons. The van der Waals surface area contributed by atoms with Gasteiger partial charge in [0.2, 0.25) is 0 Å². The van der Waals surface area contributed by atoms with Gasteiger partial charge < -0.3 is 15.0 Å². The van der Waals surface area contributed by atoms with Crippen LogP contribution >= 0.6 is 0 Å². The monoisotopic (exact) mass is 369 g/mol. The fourth-order valence-electron chi connectivity index (χ4n) is 3.16. The number of urea groups is 1. The molecule has 1 fully saturated rings. The van der Waals surface area contributed by atoms with Crippen LogP contribution in [0.25, 0.3) is 0 Å². The molecule has 7 heteroatoms. The number of nitro groups is 1. The summed E-state index contributed by atoms with van der Waals surface area (Å²) in [6.45, 7) is 2.55. The minimum absolute atomic E-state index is 0.0492. The maximum absolute atomic E-state index is 12.9. The molecule has 7 nitrogen and oxygen atoms in total. The van der Waals surface area contributed by atoms with E-state index >= 15 is 0 Å². The molecule has 0 saturated carbocycles. The number of hydrogen-bond donors (Lipinski definition) is 1. The van der Waals surface area contributed by atoms with E-state index in [-0.39, 0.29) is 11.7 Å². The standard InChI is InChI=1S/C20H23N3O4/c24-20(21-18-7-4-8-19(13-18)23(25)26)22(14-16-5-2-1-3-6-16)15-17-9-11-27-12-10-17/h1-8,13,17H,9-12,14-15H2,(H,21,24). The van der Waals surface area contributed by atoms with Crippen LogP contribution in [0.2, 0.25) is 0 Å². The summed E-state index contributed by atoms with van der Waals surface area (Å²) in [6.07, 6.45) is 1.85. The molecule has 0 aliphatic carbocycles. The zero-order chi connectivity index (χ0) is 19.1. The molecule has 0 unspecified atom stereocenters. The van der Waals surface area contributed by atoms with Crippen molar-refractivity contribution in [2.75, 3.05) is 25.1 Å². The summed E-state index contributed by atoms with van der Waals surface area (Å²) in [4.78, 5) is 25.1. The highest BCUT2D eigenvalue weighted by Gasteiger charge is 2.22. The number of nitrogens with one attached hydrogen (secondary N) is 1. The van der Waals surface area contributed by atoms with E-state index in [0.717, 1.165) is 31.6 Å². The molecule has 2 aromatic carbocycles. The van der Waals surface area contributed by atoms with Crippen molar-refractivity contribution < 1.29 is 14.5 Å². The predicted molar refractivity (Wildman–Crippen MR) is 103 cm³/mol. The van der Waals surface area contributed by atoms with Gasteiger partial charge in [-0.25, -0.2) is 4.79 Å². The van der Waals surface area contributed by atoms with E-state index in [1.165, 1.54) is 12.1 Å². The quantitative estimate of drug-likeness (QED) is 0.615. The SMILES string of the molecule is O=C(Nc1cccc([N+](=O)[O-])c1)N(Cc1ccccc1)CC1CCOCC1. The number of nitro benzene ring substituents is 1. The first-order chi connectivity index (χ1) is 13.1. The Morgan fingerprint density at radius 1 is 1.15 bits per heavy atom. The van der Waals surface area contributed by atoms with Gasteiger partial charge in [-0.05, 0) is 30.4 Å². The molecule has 2 aromatic rings. The zero-order valence-electron chi connectivity index (χ0n) is 15.0. The van der Waals surface area contributed by atoms with Crippen molar-refractivity contribution in [1.29, 1.82) is 0 Å². The van der Waals surface area contributed by atoms with Gasteiger partial charge in [0.15, 0.2) is 0 Å². The topological polar surface area (TPSA) is 84.7 Å². The van der Waals surface area contributed by atoms with Crippen LogP contribution in [0, 0.1) is 16.0 Å². The minimum Gasteiger partial charge on any atom is -0.381 e. The van der Waals surface area contributed by atoms with E-state index in [1.807, 2.05) is 30.3 Å². The number of amides is 2. The molecule has 1 aliphatic rings. The molecule has 2 amide bonds. The highest BCUT2D eigenvalue weighted by Crippen LogP contribution is 2.20. The molecule has 0 spiro atoms. The van der Waals surface area contributed by atoms with Gasteiger partial charge in [0.05, 0.1) is 4.92 Å². The zero-order valence-corrected chi connectivity index (χ0v) is 15.0. The van der Waals surface area contributed by atoms with Crippen LogP contribution in [0.5, 0.6) is 0 Å². The Bertz CT molecular complexity index is 776. The van der Waals surface area contributed by atoms with Crippen molar-refractivity contribution in [3.05, 3.63) is 70.3 Å². The number of non-ortho nitro benzene ring substituents is 1. The van der Waals surface area contributed by atoms with Gasteiger partial charge in [-0.1, -0.05) is 36.4 Å². The van der Waals surface area contributed by atoms with Crippen LogP contribution in [-0.2, 0) is 11.3 Å². The van der Waals surface area contributed by atoms with E-state index in [4.69, 9.17) is 4.74 Å². The second kappa shape index (κ2) is 9.14. The van der Waals surface area contributed by atoms with Crippen LogP contribution in [0.15, 0.2) is 54.6 Å². The van der Waals surface area contributed by atoms with Gasteiger partial charge >= 0.3 is 6.03 Å². The van der Waals surface area contributed by atoms with Crippen molar-refractivity contribution in [3.63, 3.8) is 0 Å². The fraction of sp³-hybridized carbons (Fsp3) is 0.350. The Morgan fingerprint density at radius 3 is 2.59 bits per heavy atom. The molecule has 0 aromatic heterocycles. The predicted octanol–water partition coefficient (Wildman–Crippen LogP) is 4.06. The summed E-state index contributed by atoms with van der Waals surface area (Å²) in [5, 5.41) is 13.7. The van der Waals surface area contributed by atoms with E-state index < -0.39 is 4.92 Å². The Hall–Kier alpha value is -2.93. The number of anilines is 1. The van der Waals surface area contributed by atoms with Gasteiger partial charge in [-0.15, -0.1) is 0 Å². The average molecular weight is 369 g/mol. The highest BCUT2D eigenvalue weighted by molar-refractivity contribution is 5.89. The molecular weight excluding hydrogens is 346 g/mol. The Balaban J connectivity index is 1.72. The molecule has 1 aliphatic heterocycles. The summed E-state index contributed by atoms with van der Waals surface area (Å²) in [6, 6.07) is 15.5. The van der Waals surface area contributed by atoms with Crippen LogP contribution in [0.3, 0.4) is 0 Å². The summed E-state index contributed by atoms with van der Waals surface area (Å²) in [5.41, 5.74) is 1.41. The molecule has 0 atom stereocenters. The van der Waals surface area contributed by atoms with Gasteiger partial charge in [-0.2, -0.15) is 0 Å². The third-order valence-electron chi connectivity index (χ3n) is 4.63. The molecule has 1 N–H and O–H groups in total. The molecule has 0 radical (unpaired) electrons. The fourth-order valence-corrected chi connectivity index (χ4v) is 3.16. The van der Waals surface area contributed by atoms with Gasteiger partial charge in [0, 0.05) is 44.1 Å². The van der Waals surface area contributed by atoms with Gasteiger partial charge in [0.25, 0.3) is 5.69 Å². The number of benzene rings is 2. The molecule has 3 rings (SSSR count). The van der Waals surface area contributed by atoms with Crippen molar-refractivity contribution in [1.82, 2.24) is 4.90 Å². The van der Waals surface area contributed by atoms with E-state index in [9.17, 15) is 14.9 Å². The normalized spacial score (nSPS) is 14.5. The van der Waals surface area contributed by atoms with E-state index in [1.54, 1.807) is 17.0 Å². The van der Waals surface area contributed by atoms with Crippen molar-refractivity contribution >= 4 is 17.4 Å². The lowest BCUT2D eigenvalue weighted by atomic mass is 9.99. The summed E-state index contributed by atoms with van der Waals surface area (Å²) in [7, 11) is 0. The number of ether oxygens (including phenoxy) is 1. The first kappa shape index (κ1) is 18.8. The maximum atomic E-state index is 12.9. The summed E-state index contributed by atoms with van der Waals surface area (Å²) >= 11 is 0. The van der Waals surface area contributed by atoms with Crippen molar-refractivity contribution in [3.8, 4) is 0 Å². The van der Waals surface area contributed by atoms with Crippen LogP contribution in [0.1, 0.15) is 18.4 Å². The van der Waals surface area contributed by atoms with Crippen LogP contribution in [-0.4, -0.2) is 35.6 Å². The van der Waals surface area contributed by atoms with Gasteiger partial charge in [0.1, 0.15) is 0 Å². The number of carbonyl (C=O) groups is 1. The highest BCUT2D eigenvalue weighted by atomic mass is 16.6. The lowest BCUT2D eigenvalue weighted by Gasteiger charge is -2.30. The summed E-state index contributed by atoms with van der Waals surface area (Å²) < 4.78 is 5.41. The Morgan fingerprint density at radius 2 is 1.89 bits per heavy atom. The summed E-state index contributed by atoms with van der Waals surface area (Å²) in [5.74, 6) is 0.387. The average Bonchev–Trinajstić information content (AvgIpc) is 2.69. The number of hydrogen-bond acceptors (Lipinski definition) is 4. The first-order valence-electron chi connectivity index (χ1n) is 9.04. The van der Waals surface area contributed by atoms with Gasteiger partial charge in [-0.3, -0.25) is 10.1 Å². The van der Waals surface area contributed by atoms with Crippen LogP contribution < -0.4 is 5.32 Å². The molecular formula is C20H23N3O4. The Labute approximate surface area is 158 Å². The molecule has 0 bridgehead atoms. The van der Waals surface area contributed by atoms with E-state index in [2.05, 4.69) is 5.32 Å². The lowest BCUT2D eigenvalue weighted by Crippen LogP contribution is -2.39. The van der Waals surface area contributed by atoms with Crippen LogP contribution in [0.4, 0.5) is 16.2 Å².